The van der Waals surface area contributed by atoms with Crippen molar-refractivity contribution in [3.05, 3.63) is 47.6 Å². The summed E-state index contributed by atoms with van der Waals surface area (Å²) in [6.45, 7) is 4.93. The summed E-state index contributed by atoms with van der Waals surface area (Å²) in [7, 11) is 0. The lowest BCUT2D eigenvalue weighted by Crippen LogP contribution is -2.42. The third-order valence-electron chi connectivity index (χ3n) is 5.65. The average molecular weight is 584 g/mol. The number of aryl methyl sites for hydroxylation is 1. The number of carbonyl (C=O) groups is 3. The Morgan fingerprint density at radius 3 is 2.20 bits per heavy atom. The van der Waals surface area contributed by atoms with E-state index in [4.69, 9.17) is 29.1 Å². The molecule has 1 amide bonds. The molecular formula is C23H26F6N4O7. The Morgan fingerprint density at radius 2 is 1.70 bits per heavy atom. The normalized spacial score (nSPS) is 20.7. The van der Waals surface area contributed by atoms with Crippen LogP contribution in [0, 0.1) is 12.8 Å². The number of carboxylic acids is 2. The number of carboxylic acid groups (broad SMARTS) is 2. The van der Waals surface area contributed by atoms with Crippen LogP contribution < -0.4 is 5.32 Å². The van der Waals surface area contributed by atoms with Crippen LogP contribution in [0.3, 0.4) is 0 Å². The highest BCUT2D eigenvalue weighted by Gasteiger charge is 2.42. The van der Waals surface area contributed by atoms with Crippen molar-refractivity contribution >= 4 is 17.8 Å². The fourth-order valence-corrected chi connectivity index (χ4v) is 3.82. The van der Waals surface area contributed by atoms with Gasteiger partial charge in [-0.1, -0.05) is 11.2 Å². The molecule has 0 saturated carbocycles. The largest absolute Gasteiger partial charge is 0.490 e. The Kier molecular flexibility index (Phi) is 11.4. The van der Waals surface area contributed by atoms with Gasteiger partial charge in [0.1, 0.15) is 11.9 Å². The van der Waals surface area contributed by atoms with Crippen molar-refractivity contribution in [3.8, 4) is 0 Å². The van der Waals surface area contributed by atoms with E-state index in [2.05, 4.69) is 20.4 Å². The Hall–Kier alpha value is -3.73. The van der Waals surface area contributed by atoms with Crippen molar-refractivity contribution in [2.45, 2.75) is 57.4 Å². The first kappa shape index (κ1) is 32.5. The molecule has 3 N–H and O–H groups in total. The molecule has 222 valence electrons. The fraction of sp³-hybridized carbons (Fsp3) is 0.522. The van der Waals surface area contributed by atoms with Gasteiger partial charge in [0.2, 0.25) is 5.91 Å². The summed E-state index contributed by atoms with van der Waals surface area (Å²) in [5, 5.41) is 21.3. The number of hydrogen-bond donors (Lipinski definition) is 3. The van der Waals surface area contributed by atoms with Crippen molar-refractivity contribution < 1.29 is 60.2 Å². The number of aromatic nitrogens is 2. The van der Waals surface area contributed by atoms with Gasteiger partial charge in [0.15, 0.2) is 0 Å². The maximum Gasteiger partial charge on any atom is 0.490 e. The first-order valence-corrected chi connectivity index (χ1v) is 11.6. The SMILES string of the molecule is Cc1cc(CN2CC[C@H]3C[C@H](C(=O)NCc4ccccn4)O[C@@H]3C2)no1.O=C(O)C(F)(F)F.O=C(O)C(F)(F)F. The molecule has 11 nitrogen and oxygen atoms in total. The number of halogens is 6. The summed E-state index contributed by atoms with van der Waals surface area (Å²) in [4.78, 5) is 36.8. The first-order chi connectivity index (χ1) is 18.6. The number of carbonyl (C=O) groups excluding carboxylic acids is 1. The predicted molar refractivity (Wildman–Crippen MR) is 121 cm³/mol. The number of pyridine rings is 1. The number of ether oxygens (including phenoxy) is 1. The van der Waals surface area contributed by atoms with E-state index in [1.54, 1.807) is 6.20 Å². The number of rotatable bonds is 5. The first-order valence-electron chi connectivity index (χ1n) is 11.6. The highest BCUT2D eigenvalue weighted by atomic mass is 19.4. The second kappa shape index (κ2) is 14.1. The Morgan fingerprint density at radius 1 is 1.07 bits per heavy atom. The van der Waals surface area contributed by atoms with Crippen molar-refractivity contribution in [3.63, 3.8) is 0 Å². The zero-order valence-corrected chi connectivity index (χ0v) is 20.9. The number of nitrogens with one attached hydrogen (secondary N) is 1. The monoisotopic (exact) mass is 584 g/mol. The Labute approximate surface area is 223 Å². The number of alkyl halides is 6. The van der Waals surface area contributed by atoms with Crippen LogP contribution in [0.1, 0.15) is 30.0 Å². The van der Waals surface area contributed by atoms with E-state index in [0.29, 0.717) is 12.5 Å². The lowest BCUT2D eigenvalue weighted by atomic mass is 9.91. The molecule has 2 aliphatic heterocycles. The van der Waals surface area contributed by atoms with E-state index < -0.39 is 24.3 Å². The van der Waals surface area contributed by atoms with E-state index in [9.17, 15) is 31.1 Å². The number of nitrogens with zero attached hydrogens (tertiary/aromatic N) is 3. The van der Waals surface area contributed by atoms with Gasteiger partial charge >= 0.3 is 24.3 Å². The minimum absolute atomic E-state index is 0.0382. The molecule has 4 rings (SSSR count). The standard InChI is InChI=1S/C19H24N4O3.2C2HF3O2/c1-13-8-16(22-26-13)11-23-7-5-14-9-17(25-18(14)12-23)19(24)21-10-15-4-2-3-6-20-15;2*3-2(4,5)1(6)7/h2-4,6,8,14,17-18H,5,7,9-12H2,1H3,(H,21,24);2*(H,6,7)/t14-,17+,18+;;/m0../s1. The maximum atomic E-state index is 12.4. The van der Waals surface area contributed by atoms with Crippen LogP contribution in [-0.2, 0) is 32.2 Å². The molecule has 4 heterocycles. The average Bonchev–Trinajstić information content (AvgIpc) is 3.48. The number of hydrogen-bond acceptors (Lipinski definition) is 8. The smallest absolute Gasteiger partial charge is 0.475 e. The molecule has 0 spiro atoms. The zero-order valence-electron chi connectivity index (χ0n) is 20.9. The van der Waals surface area contributed by atoms with Crippen molar-refractivity contribution in [1.82, 2.24) is 20.4 Å². The van der Waals surface area contributed by atoms with Gasteiger partial charge < -0.3 is 24.8 Å². The summed E-state index contributed by atoms with van der Waals surface area (Å²) in [5.74, 6) is -4.27. The van der Waals surface area contributed by atoms with Crippen LogP contribution in [0.15, 0.2) is 35.0 Å². The van der Waals surface area contributed by atoms with Gasteiger partial charge in [0.25, 0.3) is 0 Å². The summed E-state index contributed by atoms with van der Waals surface area (Å²) < 4.78 is 74.7. The van der Waals surface area contributed by atoms with Gasteiger partial charge in [-0.05, 0) is 44.4 Å². The molecule has 2 aliphatic rings. The number of piperidine rings is 1. The zero-order chi connectivity index (χ0) is 30.1. The third-order valence-corrected chi connectivity index (χ3v) is 5.65. The van der Waals surface area contributed by atoms with Crippen LogP contribution in [0.25, 0.3) is 0 Å². The Bertz CT molecular complexity index is 1100. The third kappa shape index (κ3) is 10.8. The topological polar surface area (TPSA) is 155 Å². The molecule has 0 aromatic carbocycles. The van der Waals surface area contributed by atoms with E-state index in [-0.39, 0.29) is 18.1 Å². The highest BCUT2D eigenvalue weighted by Crippen LogP contribution is 2.33. The quantitative estimate of drug-likeness (QED) is 0.447. The van der Waals surface area contributed by atoms with E-state index >= 15 is 0 Å². The van der Waals surface area contributed by atoms with Crippen molar-refractivity contribution in [2.24, 2.45) is 5.92 Å². The van der Waals surface area contributed by atoms with Crippen LogP contribution in [-0.4, -0.2) is 80.7 Å². The molecule has 40 heavy (non-hydrogen) atoms. The minimum Gasteiger partial charge on any atom is -0.475 e. The second-order valence-electron chi connectivity index (χ2n) is 8.76. The molecular weight excluding hydrogens is 558 g/mol. The number of fused-ring (bicyclic) bond motifs is 1. The van der Waals surface area contributed by atoms with Crippen LogP contribution in [0.5, 0.6) is 0 Å². The summed E-state index contributed by atoms with van der Waals surface area (Å²) in [6.07, 6.45) is -6.83. The van der Waals surface area contributed by atoms with Gasteiger partial charge in [0, 0.05) is 25.4 Å². The highest BCUT2D eigenvalue weighted by molar-refractivity contribution is 5.81. The van der Waals surface area contributed by atoms with Gasteiger partial charge in [0.05, 0.1) is 24.0 Å². The number of likely N-dealkylation sites (tertiary alicyclic amines) is 1. The van der Waals surface area contributed by atoms with Gasteiger partial charge in [-0.3, -0.25) is 14.7 Å². The second-order valence-corrected chi connectivity index (χ2v) is 8.76. The molecule has 0 unspecified atom stereocenters. The summed E-state index contributed by atoms with van der Waals surface area (Å²) in [5.41, 5.74) is 1.80. The maximum absolute atomic E-state index is 12.4. The van der Waals surface area contributed by atoms with Crippen LogP contribution in [0.2, 0.25) is 0 Å². The summed E-state index contributed by atoms with van der Waals surface area (Å²) >= 11 is 0. The van der Waals surface area contributed by atoms with E-state index in [1.807, 2.05) is 31.2 Å². The molecule has 2 saturated heterocycles. The van der Waals surface area contributed by atoms with Crippen molar-refractivity contribution in [1.29, 1.82) is 0 Å². The van der Waals surface area contributed by atoms with Gasteiger partial charge in [-0.15, -0.1) is 0 Å². The fourth-order valence-electron chi connectivity index (χ4n) is 3.82. The van der Waals surface area contributed by atoms with Gasteiger partial charge in [-0.2, -0.15) is 26.3 Å². The van der Waals surface area contributed by atoms with Crippen LogP contribution in [0.4, 0.5) is 26.3 Å². The molecule has 3 atom stereocenters. The number of aliphatic carboxylic acids is 2. The molecule has 0 aliphatic carbocycles. The molecule has 0 bridgehead atoms. The molecule has 2 fully saturated rings. The predicted octanol–water partition coefficient (Wildman–Crippen LogP) is 2.94. The van der Waals surface area contributed by atoms with Crippen LogP contribution >= 0.6 is 0 Å². The lowest BCUT2D eigenvalue weighted by molar-refractivity contribution is -0.193. The Balaban J connectivity index is 0.000000333. The minimum atomic E-state index is -5.08. The summed E-state index contributed by atoms with van der Waals surface area (Å²) in [6, 6.07) is 7.65. The lowest BCUT2D eigenvalue weighted by Gasteiger charge is -2.33. The van der Waals surface area contributed by atoms with Crippen molar-refractivity contribution in [2.75, 3.05) is 13.1 Å². The molecule has 2 aromatic heterocycles. The van der Waals surface area contributed by atoms with E-state index in [0.717, 1.165) is 49.6 Å². The molecule has 0 radical (unpaired) electrons. The van der Waals surface area contributed by atoms with Gasteiger partial charge in [-0.25, -0.2) is 9.59 Å². The number of amides is 1. The molecule has 17 heteroatoms. The van der Waals surface area contributed by atoms with E-state index in [1.165, 1.54) is 0 Å². The molecule has 2 aromatic rings.